The molecular formula is C18H25FO4. The van der Waals surface area contributed by atoms with Crippen LogP contribution in [0.1, 0.15) is 57.1 Å². The van der Waals surface area contributed by atoms with Crippen molar-refractivity contribution in [2.24, 2.45) is 0 Å². The maximum atomic E-state index is 13.6. The van der Waals surface area contributed by atoms with Crippen LogP contribution in [0.3, 0.4) is 0 Å². The summed E-state index contributed by atoms with van der Waals surface area (Å²) >= 11 is 0. The zero-order chi connectivity index (χ0) is 16.7. The summed E-state index contributed by atoms with van der Waals surface area (Å²) in [6.45, 7) is 2.36. The van der Waals surface area contributed by atoms with Gasteiger partial charge in [0.2, 0.25) is 0 Å². The van der Waals surface area contributed by atoms with Gasteiger partial charge in [-0.15, -0.1) is 0 Å². The summed E-state index contributed by atoms with van der Waals surface area (Å²) in [7, 11) is 0. The normalized spacial score (nSPS) is 17.3. The third-order valence-electron chi connectivity index (χ3n) is 4.09. The van der Waals surface area contributed by atoms with Gasteiger partial charge >= 0.3 is 0 Å². The van der Waals surface area contributed by atoms with E-state index in [9.17, 15) is 14.3 Å². The summed E-state index contributed by atoms with van der Waals surface area (Å²) in [6, 6.07) is 4.28. The third-order valence-corrected chi connectivity index (χ3v) is 4.09. The van der Waals surface area contributed by atoms with E-state index in [2.05, 4.69) is 6.92 Å². The maximum Gasteiger partial charge on any atom is 0.133 e. The molecule has 1 aliphatic rings. The molecule has 1 aromatic rings. The quantitative estimate of drug-likeness (QED) is 0.743. The number of ketones is 1. The molecule has 1 atom stereocenters. The highest BCUT2D eigenvalue weighted by Crippen LogP contribution is 2.32. The van der Waals surface area contributed by atoms with Gasteiger partial charge in [-0.05, 0) is 37.5 Å². The topological polar surface area (TPSA) is 55.8 Å². The molecule has 0 unspecified atom stereocenters. The molecule has 0 spiro atoms. The Balaban J connectivity index is 2.08. The summed E-state index contributed by atoms with van der Waals surface area (Å²) in [5.74, 6) is 0.411. The molecule has 0 heterocycles. The average Bonchev–Trinajstić information content (AvgIpc) is 2.56. The van der Waals surface area contributed by atoms with E-state index >= 15 is 0 Å². The summed E-state index contributed by atoms with van der Waals surface area (Å²) in [6.07, 6.45) is 3.50. The Labute approximate surface area is 136 Å². The number of unbranched alkanes of at least 4 members (excludes halogenated alkanes) is 1. The molecule has 1 saturated carbocycles. The number of Topliss-reactive ketones (excluding diaryl/α,β-unsaturated/α-hetero) is 1. The summed E-state index contributed by atoms with van der Waals surface area (Å²) in [5.41, 5.74) is 0.528. The van der Waals surface area contributed by atoms with E-state index < -0.39 is 6.10 Å². The van der Waals surface area contributed by atoms with Gasteiger partial charge < -0.3 is 14.6 Å². The van der Waals surface area contributed by atoms with Crippen LogP contribution in [-0.2, 0) is 9.53 Å². The zero-order valence-corrected chi connectivity index (χ0v) is 13.6. The van der Waals surface area contributed by atoms with Crippen LogP contribution in [0.4, 0.5) is 4.39 Å². The van der Waals surface area contributed by atoms with Crippen LogP contribution < -0.4 is 4.74 Å². The minimum absolute atomic E-state index is 0.0865. The first kappa shape index (κ1) is 17.9. The Hall–Kier alpha value is -1.46. The second-order valence-electron chi connectivity index (χ2n) is 5.93. The highest BCUT2D eigenvalue weighted by Gasteiger charge is 2.25. The van der Waals surface area contributed by atoms with Gasteiger partial charge in [0.1, 0.15) is 23.5 Å². The number of halogens is 1. The highest BCUT2D eigenvalue weighted by atomic mass is 19.1. The van der Waals surface area contributed by atoms with Gasteiger partial charge in [0, 0.05) is 18.4 Å². The number of benzene rings is 1. The van der Waals surface area contributed by atoms with Crippen LogP contribution in [0.15, 0.2) is 18.2 Å². The predicted molar refractivity (Wildman–Crippen MR) is 85.0 cm³/mol. The molecule has 1 aromatic carbocycles. The molecular weight excluding hydrogens is 299 g/mol. The molecule has 1 aliphatic carbocycles. The van der Waals surface area contributed by atoms with E-state index in [0.29, 0.717) is 43.6 Å². The molecule has 0 radical (unpaired) electrons. The number of aliphatic hydroxyl groups is 1. The van der Waals surface area contributed by atoms with Crippen molar-refractivity contribution < 1.29 is 23.8 Å². The van der Waals surface area contributed by atoms with Gasteiger partial charge in [-0.3, -0.25) is 4.79 Å². The molecule has 0 bridgehead atoms. The van der Waals surface area contributed by atoms with E-state index in [1.165, 1.54) is 12.1 Å². The number of carbonyl (C=O) groups excluding carboxylic acids is 1. The minimum Gasteiger partial charge on any atom is -0.493 e. The van der Waals surface area contributed by atoms with Crippen molar-refractivity contribution in [1.82, 2.24) is 0 Å². The molecule has 4 nitrogen and oxygen atoms in total. The fourth-order valence-corrected chi connectivity index (χ4v) is 2.73. The first-order valence-electron chi connectivity index (χ1n) is 8.34. The zero-order valence-electron chi connectivity index (χ0n) is 13.6. The molecule has 1 N–H and O–H groups in total. The van der Waals surface area contributed by atoms with E-state index in [0.717, 1.165) is 12.8 Å². The number of ether oxygens (including phenoxy) is 2. The van der Waals surface area contributed by atoms with E-state index in [1.54, 1.807) is 6.07 Å². The average molecular weight is 324 g/mol. The third kappa shape index (κ3) is 5.29. The molecule has 0 aliphatic heterocycles. The Kier molecular flexibility index (Phi) is 6.99. The van der Waals surface area contributed by atoms with E-state index in [1.807, 2.05) is 0 Å². The fraction of sp³-hybridized carbons (Fsp3) is 0.611. The first-order chi connectivity index (χ1) is 11.1. The van der Waals surface area contributed by atoms with Gasteiger partial charge in [0.15, 0.2) is 0 Å². The van der Waals surface area contributed by atoms with Crippen molar-refractivity contribution in [3.05, 3.63) is 29.6 Å². The highest BCUT2D eigenvalue weighted by molar-refractivity contribution is 5.79. The van der Waals surface area contributed by atoms with Crippen LogP contribution in [0, 0.1) is 5.82 Å². The van der Waals surface area contributed by atoms with Crippen molar-refractivity contribution in [1.29, 1.82) is 0 Å². The monoisotopic (exact) mass is 324 g/mol. The number of rotatable bonds is 8. The number of carbonyl (C=O) groups is 1. The van der Waals surface area contributed by atoms with Gasteiger partial charge in [0.25, 0.3) is 0 Å². The second kappa shape index (κ2) is 8.99. The number of aliphatic hydroxyl groups excluding tert-OH is 1. The van der Waals surface area contributed by atoms with Crippen LogP contribution in [0.2, 0.25) is 0 Å². The lowest BCUT2D eigenvalue weighted by Gasteiger charge is -2.27. The number of hydrogen-bond donors (Lipinski definition) is 1. The molecule has 5 heteroatoms. The summed E-state index contributed by atoms with van der Waals surface area (Å²) in [5, 5.41) is 9.68. The van der Waals surface area contributed by atoms with Crippen LogP contribution >= 0.6 is 0 Å². The van der Waals surface area contributed by atoms with Gasteiger partial charge in [-0.1, -0.05) is 13.3 Å². The van der Waals surface area contributed by atoms with Crippen LogP contribution in [0.25, 0.3) is 0 Å². The molecule has 0 amide bonds. The van der Waals surface area contributed by atoms with Crippen molar-refractivity contribution in [3.8, 4) is 5.75 Å². The fourth-order valence-electron chi connectivity index (χ4n) is 2.73. The van der Waals surface area contributed by atoms with Crippen molar-refractivity contribution in [2.75, 3.05) is 13.2 Å². The van der Waals surface area contributed by atoms with Crippen LogP contribution in [-0.4, -0.2) is 30.2 Å². The summed E-state index contributed by atoms with van der Waals surface area (Å²) in [4.78, 5) is 11.3. The van der Waals surface area contributed by atoms with Gasteiger partial charge in [-0.25, -0.2) is 4.39 Å². The van der Waals surface area contributed by atoms with Gasteiger partial charge in [-0.2, -0.15) is 0 Å². The lowest BCUT2D eigenvalue weighted by atomic mass is 9.96. The molecule has 1 fully saturated rings. The first-order valence-corrected chi connectivity index (χ1v) is 8.34. The number of hydrogen-bond acceptors (Lipinski definition) is 4. The van der Waals surface area contributed by atoms with Crippen molar-refractivity contribution >= 4 is 5.78 Å². The largest absolute Gasteiger partial charge is 0.493 e. The molecule has 2 rings (SSSR count). The van der Waals surface area contributed by atoms with Gasteiger partial charge in [0.05, 0.1) is 19.3 Å². The SMILES string of the molecule is CCCCOc1ccc(F)cc1[C@H](CO)OC1CCC(=O)CC1. The molecule has 23 heavy (non-hydrogen) atoms. The Morgan fingerprint density at radius 3 is 2.74 bits per heavy atom. The maximum absolute atomic E-state index is 13.6. The van der Waals surface area contributed by atoms with Crippen molar-refractivity contribution in [3.63, 3.8) is 0 Å². The van der Waals surface area contributed by atoms with Crippen LogP contribution in [0.5, 0.6) is 5.75 Å². The second-order valence-corrected chi connectivity index (χ2v) is 5.93. The van der Waals surface area contributed by atoms with E-state index in [4.69, 9.17) is 9.47 Å². The standard InChI is InChI=1S/C18H25FO4/c1-2-3-10-22-17-9-4-13(19)11-16(17)18(12-20)23-15-7-5-14(21)6-8-15/h4,9,11,15,18,20H,2-3,5-8,10,12H2,1H3/t18-/m0/s1. The predicted octanol–water partition coefficient (Wildman–Crippen LogP) is 3.57. The van der Waals surface area contributed by atoms with E-state index in [-0.39, 0.29) is 24.3 Å². The molecule has 0 aromatic heterocycles. The minimum atomic E-state index is -0.638. The van der Waals surface area contributed by atoms with Crippen molar-refractivity contribution in [2.45, 2.75) is 57.7 Å². The lowest BCUT2D eigenvalue weighted by molar-refractivity contribution is -0.125. The molecule has 128 valence electrons. The summed E-state index contributed by atoms with van der Waals surface area (Å²) < 4.78 is 25.3. The lowest BCUT2D eigenvalue weighted by Crippen LogP contribution is -2.25. The Bertz CT molecular complexity index is 508. The Morgan fingerprint density at radius 1 is 1.35 bits per heavy atom. The smallest absolute Gasteiger partial charge is 0.133 e. The molecule has 0 saturated heterocycles. The Morgan fingerprint density at radius 2 is 2.09 bits per heavy atom.